The van der Waals surface area contributed by atoms with Crippen LogP contribution in [0.4, 0.5) is 0 Å². The minimum atomic E-state index is 0.553. The molecule has 0 aliphatic rings. The number of hydrogen-bond donors (Lipinski definition) is 0. The Morgan fingerprint density at radius 1 is 0.310 bits per heavy atom. The van der Waals surface area contributed by atoms with E-state index in [0.717, 1.165) is 49.4 Å². The van der Waals surface area contributed by atoms with Gasteiger partial charge in [0.1, 0.15) is 5.69 Å². The molecule has 0 saturated carbocycles. The fraction of sp³-hybridized carbons (Fsp3) is 0. The Labute approximate surface area is 243 Å². The minimum absolute atomic E-state index is 0.553. The Bertz CT molecular complexity index is 2230. The van der Waals surface area contributed by atoms with Crippen molar-refractivity contribution in [3.05, 3.63) is 146 Å². The first kappa shape index (κ1) is 24.1. The predicted octanol–water partition coefficient (Wildman–Crippen LogP) is 9.39. The number of hydrogen-bond acceptors (Lipinski definition) is 4. The van der Waals surface area contributed by atoms with E-state index in [4.69, 9.17) is 19.9 Å². The molecule has 2 aromatic heterocycles. The normalized spacial score (nSPS) is 11.3. The molecule has 0 saturated heterocycles. The number of aromatic nitrogens is 4. The van der Waals surface area contributed by atoms with Gasteiger partial charge >= 0.3 is 0 Å². The van der Waals surface area contributed by atoms with Crippen molar-refractivity contribution in [3.8, 4) is 45.4 Å². The lowest BCUT2D eigenvalue weighted by molar-refractivity contribution is 1.07. The van der Waals surface area contributed by atoms with Gasteiger partial charge in [-0.1, -0.05) is 127 Å². The van der Waals surface area contributed by atoms with Crippen LogP contribution in [0.1, 0.15) is 0 Å². The molecular weight excluding hydrogens is 512 g/mol. The highest BCUT2D eigenvalue weighted by Crippen LogP contribution is 2.35. The van der Waals surface area contributed by atoms with Crippen molar-refractivity contribution in [1.82, 2.24) is 19.9 Å². The van der Waals surface area contributed by atoms with Gasteiger partial charge in [-0.05, 0) is 45.5 Å². The molecule has 8 rings (SSSR count). The highest BCUT2D eigenvalue weighted by molar-refractivity contribution is 6.14. The highest BCUT2D eigenvalue weighted by atomic mass is 15.0. The minimum Gasteiger partial charge on any atom is -0.244 e. The van der Waals surface area contributed by atoms with E-state index in [2.05, 4.69) is 103 Å². The molecule has 8 aromatic rings. The summed E-state index contributed by atoms with van der Waals surface area (Å²) >= 11 is 0. The fourth-order valence-electron chi connectivity index (χ4n) is 5.58. The summed E-state index contributed by atoms with van der Waals surface area (Å²) in [6.45, 7) is 0. The van der Waals surface area contributed by atoms with Crippen molar-refractivity contribution in [1.29, 1.82) is 0 Å². The number of rotatable bonds is 4. The molecule has 0 fully saturated rings. The number of pyridine rings is 1. The van der Waals surface area contributed by atoms with Crippen LogP contribution in [0.3, 0.4) is 0 Å². The van der Waals surface area contributed by atoms with E-state index >= 15 is 0 Å². The second kappa shape index (κ2) is 10.0. The van der Waals surface area contributed by atoms with E-state index in [1.54, 1.807) is 0 Å². The van der Waals surface area contributed by atoms with Crippen molar-refractivity contribution < 1.29 is 0 Å². The quantitative estimate of drug-likeness (QED) is 0.166. The maximum absolute atomic E-state index is 5.15. The third kappa shape index (κ3) is 4.27. The average Bonchev–Trinajstić information content (AvgIpc) is 3.08. The van der Waals surface area contributed by atoms with Gasteiger partial charge in [-0.15, -0.1) is 0 Å². The van der Waals surface area contributed by atoms with E-state index in [9.17, 15) is 0 Å². The van der Waals surface area contributed by atoms with Gasteiger partial charge in [0, 0.05) is 21.9 Å². The van der Waals surface area contributed by atoms with Gasteiger partial charge in [0.25, 0.3) is 0 Å². The van der Waals surface area contributed by atoms with Gasteiger partial charge in [-0.2, -0.15) is 0 Å². The molecule has 2 heterocycles. The van der Waals surface area contributed by atoms with Gasteiger partial charge in [-0.3, -0.25) is 0 Å². The summed E-state index contributed by atoms with van der Waals surface area (Å²) in [7, 11) is 0. The van der Waals surface area contributed by atoms with E-state index in [0.29, 0.717) is 17.5 Å². The highest BCUT2D eigenvalue weighted by Gasteiger charge is 2.18. The van der Waals surface area contributed by atoms with Gasteiger partial charge < -0.3 is 0 Å². The van der Waals surface area contributed by atoms with Crippen LogP contribution in [0.2, 0.25) is 0 Å². The van der Waals surface area contributed by atoms with Crippen LogP contribution in [-0.4, -0.2) is 19.9 Å². The number of nitrogens with zero attached hydrogens (tertiary/aromatic N) is 4. The molecule has 42 heavy (non-hydrogen) atoms. The Morgan fingerprint density at radius 2 is 0.786 bits per heavy atom. The second-order valence-corrected chi connectivity index (χ2v) is 10.3. The first-order valence-electron chi connectivity index (χ1n) is 14.0. The lowest BCUT2D eigenvalue weighted by Gasteiger charge is -2.13. The maximum Gasteiger partial charge on any atom is 0.183 e. The SMILES string of the molecule is c1ccc(-c2ccc(-c3nc(-c4ccccc4)nc(-c4nc5ccccc5c5cc6ccccc6cc45)n3)cc2)cc1. The Morgan fingerprint density at radius 3 is 1.48 bits per heavy atom. The molecule has 0 amide bonds. The van der Waals surface area contributed by atoms with Crippen LogP contribution in [0, 0.1) is 0 Å². The van der Waals surface area contributed by atoms with Gasteiger partial charge in [0.2, 0.25) is 0 Å². The summed E-state index contributed by atoms with van der Waals surface area (Å²) < 4.78 is 0. The number of benzene rings is 6. The summed E-state index contributed by atoms with van der Waals surface area (Å²) in [5, 5.41) is 5.59. The smallest absolute Gasteiger partial charge is 0.183 e. The number of fused-ring (bicyclic) bond motifs is 4. The van der Waals surface area contributed by atoms with E-state index < -0.39 is 0 Å². The molecule has 0 bridgehead atoms. The second-order valence-electron chi connectivity index (χ2n) is 10.3. The van der Waals surface area contributed by atoms with Crippen LogP contribution in [0.5, 0.6) is 0 Å². The average molecular weight is 537 g/mol. The molecular formula is C38H24N4. The largest absolute Gasteiger partial charge is 0.244 e. The molecule has 0 spiro atoms. The van der Waals surface area contributed by atoms with Crippen LogP contribution >= 0.6 is 0 Å². The topological polar surface area (TPSA) is 51.6 Å². The lowest BCUT2D eigenvalue weighted by atomic mass is 9.99. The molecule has 196 valence electrons. The summed E-state index contributed by atoms with van der Waals surface area (Å²) in [4.78, 5) is 20.2. The molecule has 4 nitrogen and oxygen atoms in total. The third-order valence-corrected chi connectivity index (χ3v) is 7.70. The zero-order valence-corrected chi connectivity index (χ0v) is 22.6. The monoisotopic (exact) mass is 536 g/mol. The number of para-hydroxylation sites is 1. The van der Waals surface area contributed by atoms with Crippen molar-refractivity contribution in [2.75, 3.05) is 0 Å². The summed E-state index contributed by atoms with van der Waals surface area (Å²) in [6, 6.07) is 50.0. The van der Waals surface area contributed by atoms with Crippen molar-refractivity contribution in [2.24, 2.45) is 0 Å². The molecule has 0 atom stereocenters. The van der Waals surface area contributed by atoms with Gasteiger partial charge in [-0.25, -0.2) is 19.9 Å². The van der Waals surface area contributed by atoms with Crippen LogP contribution in [0.25, 0.3) is 77.9 Å². The molecule has 0 unspecified atom stereocenters. The molecule has 0 radical (unpaired) electrons. The van der Waals surface area contributed by atoms with Crippen molar-refractivity contribution in [3.63, 3.8) is 0 Å². The Kier molecular flexibility index (Phi) is 5.75. The molecule has 6 aromatic carbocycles. The standard InChI is InChI=1S/C38H24N4/c1-3-11-25(12-4-1)26-19-21-28(22-20-26)37-40-36(27-13-5-2-6-14-27)41-38(42-37)35-33-24-30-16-8-7-15-29(30)23-32(33)31-17-9-10-18-34(31)39-35/h1-24H. The lowest BCUT2D eigenvalue weighted by Crippen LogP contribution is -2.02. The zero-order valence-electron chi connectivity index (χ0n) is 22.6. The first-order valence-corrected chi connectivity index (χ1v) is 14.0. The third-order valence-electron chi connectivity index (χ3n) is 7.70. The maximum atomic E-state index is 5.15. The van der Waals surface area contributed by atoms with Crippen LogP contribution < -0.4 is 0 Å². The molecule has 0 N–H and O–H groups in total. The summed E-state index contributed by atoms with van der Waals surface area (Å²) in [5.74, 6) is 1.78. The van der Waals surface area contributed by atoms with Crippen LogP contribution in [0.15, 0.2) is 146 Å². The predicted molar refractivity (Wildman–Crippen MR) is 172 cm³/mol. The summed E-state index contributed by atoms with van der Waals surface area (Å²) in [5.41, 5.74) is 5.82. The van der Waals surface area contributed by atoms with Gasteiger partial charge in [0.05, 0.1) is 5.52 Å². The molecule has 4 heteroatoms. The fourth-order valence-corrected chi connectivity index (χ4v) is 5.58. The molecule has 0 aliphatic heterocycles. The molecule has 0 aliphatic carbocycles. The first-order chi connectivity index (χ1) is 20.8. The Hall–Kier alpha value is -5.74. The Balaban J connectivity index is 1.38. The zero-order chi connectivity index (χ0) is 27.9. The summed E-state index contributed by atoms with van der Waals surface area (Å²) in [6.07, 6.45) is 0. The van der Waals surface area contributed by atoms with Crippen molar-refractivity contribution >= 4 is 32.4 Å². The van der Waals surface area contributed by atoms with Crippen molar-refractivity contribution in [2.45, 2.75) is 0 Å². The van der Waals surface area contributed by atoms with E-state index in [1.807, 2.05) is 42.5 Å². The van der Waals surface area contributed by atoms with E-state index in [-0.39, 0.29) is 0 Å². The van der Waals surface area contributed by atoms with Gasteiger partial charge in [0.15, 0.2) is 17.5 Å². The van der Waals surface area contributed by atoms with Crippen LogP contribution in [-0.2, 0) is 0 Å². The van der Waals surface area contributed by atoms with E-state index in [1.165, 1.54) is 10.9 Å².